The number of aliphatic hydroxyl groups excluding tert-OH is 1. The summed E-state index contributed by atoms with van der Waals surface area (Å²) in [6, 6.07) is -1.21. The van der Waals surface area contributed by atoms with Gasteiger partial charge in [0.05, 0.1) is 29.2 Å². The molecule has 3 fully saturated rings. The number of unbranched alkanes of at least 4 members (excludes halogenated alkanes) is 1. The molecular weight excluding hydrogens is 566 g/mol. The second-order valence-corrected chi connectivity index (χ2v) is 13.8. The van der Waals surface area contributed by atoms with Gasteiger partial charge in [0.25, 0.3) is 0 Å². The third-order valence-electron chi connectivity index (χ3n) is 8.69. The molecule has 0 saturated carbocycles. The maximum Gasteiger partial charge on any atom is 0.247 e. The second kappa shape index (κ2) is 13.4. The molecule has 1 spiro atoms. The first-order valence-corrected chi connectivity index (χ1v) is 16.0. The van der Waals surface area contributed by atoms with E-state index in [1.165, 1.54) is 0 Å². The number of hydrogen-bond donors (Lipinski definition) is 1. The summed E-state index contributed by atoms with van der Waals surface area (Å²) < 4.78 is -0.716. The zero-order valence-corrected chi connectivity index (χ0v) is 25.9. The number of rotatable bonds is 15. The van der Waals surface area contributed by atoms with Gasteiger partial charge in [-0.25, -0.2) is 0 Å². The molecule has 7 nitrogen and oxygen atoms in total. The quantitative estimate of drug-likeness (QED) is 0.223. The average Bonchev–Trinajstić information content (AvgIpc) is 3.49. The topological polar surface area (TPSA) is 81.2 Å². The first-order valence-electron chi connectivity index (χ1n) is 14.2. The lowest BCUT2D eigenvalue weighted by atomic mass is 9.70. The Morgan fingerprint density at radius 3 is 2.32 bits per heavy atom. The van der Waals surface area contributed by atoms with Crippen LogP contribution in [-0.4, -0.2) is 97.2 Å². The molecule has 0 aliphatic carbocycles. The van der Waals surface area contributed by atoms with Crippen LogP contribution in [0.2, 0.25) is 0 Å². The molecule has 3 aliphatic rings. The number of amides is 3. The molecule has 3 rings (SSSR count). The fourth-order valence-electron chi connectivity index (χ4n) is 6.70. The molecule has 214 valence electrons. The Hall–Kier alpha value is -1.32. The Labute approximate surface area is 241 Å². The van der Waals surface area contributed by atoms with Crippen LogP contribution in [0.3, 0.4) is 0 Å². The molecule has 3 saturated heterocycles. The van der Waals surface area contributed by atoms with Crippen LogP contribution in [0.5, 0.6) is 0 Å². The van der Waals surface area contributed by atoms with E-state index in [0.717, 1.165) is 25.7 Å². The van der Waals surface area contributed by atoms with Crippen LogP contribution in [0.15, 0.2) is 25.3 Å². The highest BCUT2D eigenvalue weighted by molar-refractivity contribution is 9.09. The van der Waals surface area contributed by atoms with Crippen LogP contribution in [0.25, 0.3) is 0 Å². The van der Waals surface area contributed by atoms with E-state index in [4.69, 9.17) is 0 Å². The van der Waals surface area contributed by atoms with Crippen LogP contribution in [-0.2, 0) is 14.4 Å². The number of halogens is 1. The van der Waals surface area contributed by atoms with Gasteiger partial charge in [0, 0.05) is 36.3 Å². The van der Waals surface area contributed by atoms with Crippen molar-refractivity contribution in [2.45, 2.75) is 86.7 Å². The van der Waals surface area contributed by atoms with E-state index >= 15 is 0 Å². The third kappa shape index (κ3) is 5.36. The van der Waals surface area contributed by atoms with Gasteiger partial charge in [0.2, 0.25) is 17.7 Å². The number of aliphatic hydroxyl groups is 1. The van der Waals surface area contributed by atoms with Crippen LogP contribution in [0.4, 0.5) is 0 Å². The van der Waals surface area contributed by atoms with Gasteiger partial charge in [0.1, 0.15) is 6.04 Å². The van der Waals surface area contributed by atoms with Crippen molar-refractivity contribution in [3.8, 4) is 0 Å². The fourth-order valence-corrected chi connectivity index (χ4v) is 10.3. The molecule has 0 aromatic carbocycles. The highest BCUT2D eigenvalue weighted by Gasteiger charge is 2.76. The van der Waals surface area contributed by atoms with Gasteiger partial charge >= 0.3 is 0 Å². The summed E-state index contributed by atoms with van der Waals surface area (Å²) >= 11 is 5.51. The van der Waals surface area contributed by atoms with Crippen LogP contribution < -0.4 is 0 Å². The Bertz CT molecular complexity index is 903. The first kappa shape index (κ1) is 31.2. The minimum atomic E-state index is -0.727. The van der Waals surface area contributed by atoms with Crippen LogP contribution in [0.1, 0.15) is 59.8 Å². The molecule has 0 aromatic heterocycles. The van der Waals surface area contributed by atoms with Gasteiger partial charge in [-0.1, -0.05) is 68.6 Å². The summed E-state index contributed by atoms with van der Waals surface area (Å²) in [5, 5.41) is 10.5. The summed E-state index contributed by atoms with van der Waals surface area (Å²) in [6.07, 6.45) is 7.49. The van der Waals surface area contributed by atoms with Gasteiger partial charge in [-0.2, -0.15) is 0 Å². The van der Waals surface area contributed by atoms with Crippen LogP contribution in [0, 0.1) is 17.8 Å². The number of alkyl halides is 1. The Balaban J connectivity index is 2.14. The van der Waals surface area contributed by atoms with Crippen molar-refractivity contribution < 1.29 is 19.5 Å². The molecule has 38 heavy (non-hydrogen) atoms. The highest BCUT2D eigenvalue weighted by atomic mass is 79.9. The molecule has 3 amide bonds. The maximum absolute atomic E-state index is 14.5. The fraction of sp³-hybridized carbons (Fsp3) is 0.759. The van der Waals surface area contributed by atoms with E-state index in [0.29, 0.717) is 32.6 Å². The molecule has 3 aliphatic heterocycles. The van der Waals surface area contributed by atoms with Gasteiger partial charge in [-0.3, -0.25) is 14.4 Å². The predicted octanol–water partition coefficient (Wildman–Crippen LogP) is 4.10. The third-order valence-corrected chi connectivity index (χ3v) is 11.9. The van der Waals surface area contributed by atoms with Crippen molar-refractivity contribution in [3.05, 3.63) is 25.3 Å². The molecule has 8 atom stereocenters. The lowest BCUT2D eigenvalue weighted by Gasteiger charge is -2.41. The first-order chi connectivity index (χ1) is 18.2. The number of likely N-dealkylation sites (tertiary alicyclic amines) is 1. The molecule has 9 heteroatoms. The van der Waals surface area contributed by atoms with Crippen molar-refractivity contribution in [2.75, 3.05) is 32.8 Å². The standard InChI is InChI=1S/C29H46BrN3O4S/c1-7-12-16-32(15-10-4)28(37)25-29-17-20(30)24(38-29)22(26(35)31(13-8-2)14-9-3)23(29)27(36)33(25)21(18-34)19(6)11-5/h8,10,19-25,34H,2,4,7,9,11-18H2,1,3,5-6H3/t19-,20?,21-,22+,23-,24+,25?,29?/m0/s1. The minimum absolute atomic E-state index is 0.00597. The minimum Gasteiger partial charge on any atom is -0.394 e. The average molecular weight is 613 g/mol. The van der Waals surface area contributed by atoms with Crippen LogP contribution >= 0.6 is 27.7 Å². The Morgan fingerprint density at radius 2 is 1.79 bits per heavy atom. The zero-order valence-electron chi connectivity index (χ0n) is 23.5. The largest absolute Gasteiger partial charge is 0.394 e. The maximum atomic E-state index is 14.5. The smallest absolute Gasteiger partial charge is 0.247 e. The number of carbonyl (C=O) groups excluding carboxylic acids is 3. The van der Waals surface area contributed by atoms with Crippen molar-refractivity contribution in [3.63, 3.8) is 0 Å². The van der Waals surface area contributed by atoms with E-state index in [-0.39, 0.29) is 40.3 Å². The summed E-state index contributed by atoms with van der Waals surface area (Å²) in [6.45, 7) is 17.7. The molecule has 2 bridgehead atoms. The van der Waals surface area contributed by atoms with E-state index in [2.05, 4.69) is 36.0 Å². The molecule has 1 N–H and O–H groups in total. The molecule has 3 heterocycles. The number of hydrogen-bond acceptors (Lipinski definition) is 5. The summed E-state index contributed by atoms with van der Waals surface area (Å²) in [7, 11) is 0. The van der Waals surface area contributed by atoms with E-state index in [1.54, 1.807) is 28.8 Å². The number of thioether (sulfide) groups is 1. The van der Waals surface area contributed by atoms with Crippen molar-refractivity contribution in [1.29, 1.82) is 0 Å². The lowest BCUT2D eigenvalue weighted by molar-refractivity contribution is -0.148. The summed E-state index contributed by atoms with van der Waals surface area (Å²) in [5.74, 6) is -1.37. The summed E-state index contributed by atoms with van der Waals surface area (Å²) in [5.41, 5.74) is 0. The zero-order chi connectivity index (χ0) is 28.2. The monoisotopic (exact) mass is 611 g/mol. The number of carbonyl (C=O) groups is 3. The normalized spacial score (nSPS) is 31.2. The number of nitrogens with zero attached hydrogens (tertiary/aromatic N) is 3. The Kier molecular flexibility index (Phi) is 11.0. The highest BCUT2D eigenvalue weighted by Crippen LogP contribution is 2.68. The molecule has 0 aromatic rings. The van der Waals surface area contributed by atoms with E-state index < -0.39 is 28.7 Å². The molecular formula is C29H46BrN3O4S. The van der Waals surface area contributed by atoms with Crippen molar-refractivity contribution >= 4 is 45.4 Å². The van der Waals surface area contributed by atoms with Crippen molar-refractivity contribution in [2.24, 2.45) is 17.8 Å². The molecule has 0 radical (unpaired) electrons. The Morgan fingerprint density at radius 1 is 1.16 bits per heavy atom. The van der Waals surface area contributed by atoms with Gasteiger partial charge in [0.15, 0.2) is 0 Å². The summed E-state index contributed by atoms with van der Waals surface area (Å²) in [4.78, 5) is 48.3. The van der Waals surface area contributed by atoms with Crippen molar-refractivity contribution in [1.82, 2.24) is 14.7 Å². The lowest BCUT2D eigenvalue weighted by Crippen LogP contribution is -2.59. The van der Waals surface area contributed by atoms with Gasteiger partial charge < -0.3 is 19.8 Å². The second-order valence-electron chi connectivity index (χ2n) is 11.0. The molecule has 3 unspecified atom stereocenters. The van der Waals surface area contributed by atoms with E-state index in [9.17, 15) is 19.5 Å². The van der Waals surface area contributed by atoms with Gasteiger partial charge in [-0.05, 0) is 25.2 Å². The van der Waals surface area contributed by atoms with Gasteiger partial charge in [-0.15, -0.1) is 24.9 Å². The SMILES string of the molecule is C=CCN(CCCC)C(=O)C1N([C@@H](CO)[C@@H](C)CC)C(=O)[C@@H]2[C@@H](C(=O)N(CC=C)CCC)[C@@H]3SC12CC3Br. The van der Waals surface area contributed by atoms with E-state index in [1.807, 2.05) is 30.6 Å². The number of fused-ring (bicyclic) bond motifs is 1. The predicted molar refractivity (Wildman–Crippen MR) is 158 cm³/mol.